The number of Topliss-reactive ketones (excluding diaryl/α,β-unsaturated/α-hetero) is 1. The molecule has 0 spiro atoms. The highest BCUT2D eigenvalue weighted by Crippen LogP contribution is 2.15. The summed E-state index contributed by atoms with van der Waals surface area (Å²) in [5, 5.41) is 4.43. The van der Waals surface area contributed by atoms with Crippen molar-refractivity contribution in [2.45, 2.75) is 59.1 Å². The van der Waals surface area contributed by atoms with Crippen LogP contribution in [0.15, 0.2) is 12.3 Å². The molecule has 0 saturated heterocycles. The summed E-state index contributed by atoms with van der Waals surface area (Å²) in [5.41, 5.74) is 0.0858. The van der Waals surface area contributed by atoms with Gasteiger partial charge in [-0.25, -0.2) is 0 Å². The Balaban J connectivity index is 2.68. The zero-order chi connectivity index (χ0) is 13.8. The lowest BCUT2D eigenvalue weighted by Gasteiger charge is -2.22. The quantitative estimate of drug-likeness (QED) is 0.749. The van der Waals surface area contributed by atoms with E-state index in [1.54, 1.807) is 0 Å². The third-order valence-corrected chi connectivity index (χ3v) is 3.22. The molecule has 0 N–H and O–H groups in total. The summed E-state index contributed by atoms with van der Waals surface area (Å²) in [5.74, 6) is 0.0683. The number of rotatable bonds is 7. The number of carbonyl (C=O) groups is 1. The van der Waals surface area contributed by atoms with Gasteiger partial charge in [-0.2, -0.15) is 5.10 Å². The molecule has 1 atom stereocenters. The molecular formula is C14H24N2O2. The van der Waals surface area contributed by atoms with Crippen LogP contribution < -0.4 is 0 Å². The van der Waals surface area contributed by atoms with Gasteiger partial charge < -0.3 is 4.74 Å². The number of ketones is 1. The SMILES string of the molecule is CCOC(C)(C)C(=O)Cc1ccn(C(C)CC)n1. The van der Waals surface area contributed by atoms with Crippen LogP contribution in [0.4, 0.5) is 0 Å². The highest BCUT2D eigenvalue weighted by atomic mass is 16.5. The fourth-order valence-electron chi connectivity index (χ4n) is 1.72. The third kappa shape index (κ3) is 3.67. The Hall–Kier alpha value is -1.16. The van der Waals surface area contributed by atoms with Crippen molar-refractivity contribution in [1.29, 1.82) is 0 Å². The Kier molecular flexibility index (Phi) is 5.08. The first-order chi connectivity index (χ1) is 8.40. The highest BCUT2D eigenvalue weighted by molar-refractivity contribution is 5.88. The lowest BCUT2D eigenvalue weighted by Crippen LogP contribution is -2.36. The van der Waals surface area contributed by atoms with E-state index in [1.165, 1.54) is 0 Å². The lowest BCUT2D eigenvalue weighted by atomic mass is 9.99. The van der Waals surface area contributed by atoms with E-state index in [9.17, 15) is 4.79 Å². The number of nitrogens with zero attached hydrogens (tertiary/aromatic N) is 2. The van der Waals surface area contributed by atoms with Gasteiger partial charge in [-0.15, -0.1) is 0 Å². The fraction of sp³-hybridized carbons (Fsp3) is 0.714. The van der Waals surface area contributed by atoms with Gasteiger partial charge in [0.2, 0.25) is 0 Å². The Labute approximate surface area is 109 Å². The van der Waals surface area contributed by atoms with Crippen molar-refractivity contribution in [3.05, 3.63) is 18.0 Å². The van der Waals surface area contributed by atoms with E-state index in [4.69, 9.17) is 4.74 Å². The summed E-state index contributed by atoms with van der Waals surface area (Å²) in [4.78, 5) is 12.1. The van der Waals surface area contributed by atoms with E-state index in [0.29, 0.717) is 19.1 Å². The smallest absolute Gasteiger partial charge is 0.170 e. The maximum Gasteiger partial charge on any atom is 0.170 e. The van der Waals surface area contributed by atoms with Gasteiger partial charge in [0.25, 0.3) is 0 Å². The Bertz CT molecular complexity index is 396. The molecule has 1 aromatic heterocycles. The van der Waals surface area contributed by atoms with Crippen molar-refractivity contribution in [2.24, 2.45) is 0 Å². The molecule has 1 heterocycles. The molecule has 4 nitrogen and oxygen atoms in total. The van der Waals surface area contributed by atoms with Crippen LogP contribution in [0.25, 0.3) is 0 Å². The second-order valence-electron chi connectivity index (χ2n) is 5.09. The van der Waals surface area contributed by atoms with Gasteiger partial charge in [-0.3, -0.25) is 9.48 Å². The zero-order valence-corrected chi connectivity index (χ0v) is 12.1. The van der Waals surface area contributed by atoms with Crippen molar-refractivity contribution in [3.63, 3.8) is 0 Å². The van der Waals surface area contributed by atoms with E-state index in [-0.39, 0.29) is 5.78 Å². The number of hydrogen-bond donors (Lipinski definition) is 0. The zero-order valence-electron chi connectivity index (χ0n) is 12.1. The van der Waals surface area contributed by atoms with Gasteiger partial charge in [0.15, 0.2) is 5.78 Å². The van der Waals surface area contributed by atoms with Gasteiger partial charge in [0, 0.05) is 18.8 Å². The Morgan fingerprint density at radius 1 is 1.50 bits per heavy atom. The molecule has 0 aliphatic carbocycles. The molecule has 4 heteroatoms. The molecule has 1 rings (SSSR count). The third-order valence-electron chi connectivity index (χ3n) is 3.22. The molecule has 0 bridgehead atoms. The lowest BCUT2D eigenvalue weighted by molar-refractivity contribution is -0.139. The van der Waals surface area contributed by atoms with Crippen molar-refractivity contribution in [1.82, 2.24) is 9.78 Å². The van der Waals surface area contributed by atoms with Crippen LogP contribution in [-0.2, 0) is 16.0 Å². The molecule has 0 fully saturated rings. The van der Waals surface area contributed by atoms with Gasteiger partial charge in [0.1, 0.15) is 5.60 Å². The first kappa shape index (κ1) is 14.9. The molecule has 1 aromatic rings. The van der Waals surface area contributed by atoms with Crippen molar-refractivity contribution >= 4 is 5.78 Å². The summed E-state index contributed by atoms with van der Waals surface area (Å²) in [6.07, 6.45) is 3.29. The van der Waals surface area contributed by atoms with Crippen molar-refractivity contribution < 1.29 is 9.53 Å². The average molecular weight is 252 g/mol. The molecule has 0 radical (unpaired) electrons. The summed E-state index contributed by atoms with van der Waals surface area (Å²) in [6.45, 7) is 10.3. The van der Waals surface area contributed by atoms with Gasteiger partial charge >= 0.3 is 0 Å². The standard InChI is InChI=1S/C14H24N2O2/c1-6-11(3)16-9-8-12(15-16)10-13(17)14(4,5)18-7-2/h8-9,11H,6-7,10H2,1-5H3. The minimum atomic E-state index is -0.727. The number of ether oxygens (including phenoxy) is 1. The first-order valence-corrected chi connectivity index (χ1v) is 6.62. The van der Waals surface area contributed by atoms with E-state index >= 15 is 0 Å². The van der Waals surface area contributed by atoms with E-state index in [2.05, 4.69) is 18.9 Å². The molecule has 0 aliphatic heterocycles. The van der Waals surface area contributed by atoms with Crippen LogP contribution in [0, 0.1) is 0 Å². The Morgan fingerprint density at radius 3 is 2.72 bits per heavy atom. The normalized spacial score (nSPS) is 13.6. The van der Waals surface area contributed by atoms with Crippen molar-refractivity contribution in [3.8, 4) is 0 Å². The summed E-state index contributed by atoms with van der Waals surface area (Å²) in [6, 6.07) is 2.28. The topological polar surface area (TPSA) is 44.1 Å². The molecule has 0 amide bonds. The molecule has 0 aromatic carbocycles. The van der Waals surface area contributed by atoms with E-state index in [0.717, 1.165) is 12.1 Å². The number of aromatic nitrogens is 2. The van der Waals surface area contributed by atoms with Gasteiger partial charge in [-0.05, 0) is 40.2 Å². The van der Waals surface area contributed by atoms with Crippen molar-refractivity contribution in [2.75, 3.05) is 6.61 Å². The molecule has 18 heavy (non-hydrogen) atoms. The van der Waals surface area contributed by atoms with Crippen LogP contribution in [0.5, 0.6) is 0 Å². The van der Waals surface area contributed by atoms with Crippen LogP contribution in [0.2, 0.25) is 0 Å². The summed E-state index contributed by atoms with van der Waals surface area (Å²) >= 11 is 0. The van der Waals surface area contributed by atoms with Crippen LogP contribution in [0.3, 0.4) is 0 Å². The maximum absolute atomic E-state index is 12.1. The predicted molar refractivity (Wildman–Crippen MR) is 71.6 cm³/mol. The highest BCUT2D eigenvalue weighted by Gasteiger charge is 2.28. The minimum Gasteiger partial charge on any atom is -0.368 e. The molecule has 1 unspecified atom stereocenters. The largest absolute Gasteiger partial charge is 0.368 e. The molecule has 0 aliphatic rings. The molecular weight excluding hydrogens is 228 g/mol. The number of carbonyl (C=O) groups excluding carboxylic acids is 1. The van der Waals surface area contributed by atoms with E-state index in [1.807, 2.05) is 37.7 Å². The van der Waals surface area contributed by atoms with Gasteiger partial charge in [-0.1, -0.05) is 6.92 Å². The fourth-order valence-corrected chi connectivity index (χ4v) is 1.72. The van der Waals surface area contributed by atoms with Crippen LogP contribution in [0.1, 0.15) is 52.8 Å². The molecule has 0 saturated carbocycles. The Morgan fingerprint density at radius 2 is 2.17 bits per heavy atom. The molecule has 102 valence electrons. The monoisotopic (exact) mass is 252 g/mol. The predicted octanol–water partition coefficient (Wildman–Crippen LogP) is 2.78. The summed E-state index contributed by atoms with van der Waals surface area (Å²) < 4.78 is 7.37. The van der Waals surface area contributed by atoms with Crippen LogP contribution >= 0.6 is 0 Å². The van der Waals surface area contributed by atoms with E-state index < -0.39 is 5.60 Å². The second-order valence-corrected chi connectivity index (χ2v) is 5.09. The summed E-state index contributed by atoms with van der Waals surface area (Å²) in [7, 11) is 0. The average Bonchev–Trinajstić information content (AvgIpc) is 2.76. The minimum absolute atomic E-state index is 0.0683. The first-order valence-electron chi connectivity index (χ1n) is 6.62. The maximum atomic E-state index is 12.1. The number of hydrogen-bond acceptors (Lipinski definition) is 3. The van der Waals surface area contributed by atoms with Gasteiger partial charge in [0.05, 0.1) is 12.1 Å². The van der Waals surface area contributed by atoms with Crippen LogP contribution in [-0.4, -0.2) is 27.8 Å². The second kappa shape index (κ2) is 6.14.